The van der Waals surface area contributed by atoms with E-state index in [4.69, 9.17) is 11.5 Å². The predicted octanol–water partition coefficient (Wildman–Crippen LogP) is -0.0592. The average molecular weight is 857 g/mol. The quantitative estimate of drug-likeness (QED) is 0.0375. The van der Waals surface area contributed by atoms with E-state index in [-0.39, 0.29) is 69.1 Å². The highest BCUT2D eigenvalue weighted by Gasteiger charge is 2.33. The lowest BCUT2D eigenvalue weighted by Gasteiger charge is -2.30. The number of amides is 9. The van der Waals surface area contributed by atoms with E-state index in [1.54, 1.807) is 7.05 Å². The highest BCUT2D eigenvalue weighted by Crippen LogP contribution is 2.12. The van der Waals surface area contributed by atoms with Crippen molar-refractivity contribution in [2.45, 2.75) is 128 Å². The zero-order valence-electron chi connectivity index (χ0n) is 35.9. The molecule has 0 aromatic carbocycles. The summed E-state index contributed by atoms with van der Waals surface area (Å²) in [6, 6.07) is -2.11. The number of carbonyl (C=O) groups excluding carboxylic acids is 9. The standard InChI is InChI=1S/C39H72N10O11/c1-42-24-25-47-36(55)30(28-35(54)43-2)49(3)37(56)29(48-34(53)20-7-5-12-22-45-33(52)19-10-15-27-60-39(41)58)16-8-13-23-46-31(50)17-6-4-11-21-44-32(51)18-9-14-26-59-38(40)57/h29-30,42H,4-28H2,1-3H3,(H2,40,57)(H2,41,58)(H,43,54)(H,44,51)(H,45,52)(H,46,50)(H,47,55)(H,48,53)/t29-,30-/m0/s1. The largest absolute Gasteiger partial charge is 0.450 e. The predicted molar refractivity (Wildman–Crippen MR) is 223 cm³/mol. The minimum absolute atomic E-state index is 0.0911. The van der Waals surface area contributed by atoms with Gasteiger partial charge >= 0.3 is 12.2 Å². The Morgan fingerprint density at radius 2 is 0.967 bits per heavy atom. The number of nitrogens with one attached hydrogen (secondary N) is 7. The lowest BCUT2D eigenvalue weighted by molar-refractivity contribution is -0.143. The highest BCUT2D eigenvalue weighted by molar-refractivity contribution is 5.94. The molecule has 0 fully saturated rings. The van der Waals surface area contributed by atoms with Gasteiger partial charge in [0.05, 0.1) is 19.6 Å². The summed E-state index contributed by atoms with van der Waals surface area (Å²) >= 11 is 0. The van der Waals surface area contributed by atoms with Crippen molar-refractivity contribution in [1.29, 1.82) is 0 Å². The number of primary amides is 2. The van der Waals surface area contributed by atoms with Crippen LogP contribution < -0.4 is 48.7 Å². The smallest absolute Gasteiger partial charge is 0.404 e. The molecule has 2 atom stereocenters. The molecule has 0 aliphatic carbocycles. The Balaban J connectivity index is 4.96. The number of hydrogen-bond donors (Lipinski definition) is 9. The number of rotatable bonds is 36. The molecule has 0 aromatic rings. The maximum Gasteiger partial charge on any atom is 0.404 e. The molecule has 344 valence electrons. The average Bonchev–Trinajstić information content (AvgIpc) is 3.20. The Hall–Kier alpha value is -5.21. The van der Waals surface area contributed by atoms with Crippen molar-refractivity contribution in [2.24, 2.45) is 11.5 Å². The molecule has 0 radical (unpaired) electrons. The zero-order valence-corrected chi connectivity index (χ0v) is 35.9. The number of nitrogens with two attached hydrogens (primary N) is 2. The highest BCUT2D eigenvalue weighted by atomic mass is 16.5. The van der Waals surface area contributed by atoms with Gasteiger partial charge in [-0.15, -0.1) is 0 Å². The fourth-order valence-corrected chi connectivity index (χ4v) is 5.75. The molecule has 0 heterocycles. The van der Waals surface area contributed by atoms with Crippen molar-refractivity contribution >= 4 is 53.5 Å². The molecule has 0 aliphatic heterocycles. The second-order valence-electron chi connectivity index (χ2n) is 14.3. The number of likely N-dealkylation sites (N-methyl/N-ethyl adjacent to an activating group) is 2. The molecule has 0 saturated carbocycles. The summed E-state index contributed by atoms with van der Waals surface area (Å²) in [4.78, 5) is 111. The maximum absolute atomic E-state index is 13.8. The third-order valence-electron chi connectivity index (χ3n) is 9.22. The summed E-state index contributed by atoms with van der Waals surface area (Å²) in [6.45, 7) is 2.39. The summed E-state index contributed by atoms with van der Waals surface area (Å²) in [5.41, 5.74) is 9.80. The molecule has 0 spiro atoms. The van der Waals surface area contributed by atoms with Gasteiger partial charge in [0.2, 0.25) is 41.4 Å². The van der Waals surface area contributed by atoms with Crippen molar-refractivity contribution in [3.63, 3.8) is 0 Å². The molecule has 0 rings (SSSR count). The fourth-order valence-electron chi connectivity index (χ4n) is 5.75. The Labute approximate surface area is 354 Å². The van der Waals surface area contributed by atoms with Crippen LogP contribution in [-0.4, -0.2) is 138 Å². The SMILES string of the molecule is CNCCNC(=O)[C@H](CC(=O)NC)N(C)C(=O)[C@H](CCCCNC(=O)CCCCCNC(=O)CCCCOC(N)=O)NC(=O)CCCCCNC(=O)CCCCOC(N)=O. The van der Waals surface area contributed by atoms with Crippen LogP contribution in [0.1, 0.15) is 116 Å². The molecule has 0 bridgehead atoms. The Morgan fingerprint density at radius 1 is 0.517 bits per heavy atom. The minimum Gasteiger partial charge on any atom is -0.450 e. The molecule has 60 heavy (non-hydrogen) atoms. The topological polar surface area (TPSA) is 312 Å². The van der Waals surface area contributed by atoms with Crippen LogP contribution in [0.3, 0.4) is 0 Å². The minimum atomic E-state index is -1.12. The van der Waals surface area contributed by atoms with Crippen LogP contribution in [0.4, 0.5) is 9.59 Å². The Bertz CT molecular complexity index is 1320. The number of carbonyl (C=O) groups is 9. The van der Waals surface area contributed by atoms with Gasteiger partial charge in [-0.1, -0.05) is 12.8 Å². The van der Waals surface area contributed by atoms with Crippen LogP contribution in [0.15, 0.2) is 0 Å². The van der Waals surface area contributed by atoms with E-state index >= 15 is 0 Å². The molecular weight excluding hydrogens is 784 g/mol. The lowest BCUT2D eigenvalue weighted by atomic mass is 10.0. The van der Waals surface area contributed by atoms with E-state index in [1.807, 2.05) is 0 Å². The summed E-state index contributed by atoms with van der Waals surface area (Å²) in [7, 11) is 4.59. The van der Waals surface area contributed by atoms with Crippen LogP contribution in [0.2, 0.25) is 0 Å². The van der Waals surface area contributed by atoms with Crippen LogP contribution >= 0.6 is 0 Å². The van der Waals surface area contributed by atoms with Crippen LogP contribution in [0.5, 0.6) is 0 Å². The van der Waals surface area contributed by atoms with E-state index < -0.39 is 42.0 Å². The molecule has 21 nitrogen and oxygen atoms in total. The van der Waals surface area contributed by atoms with Gasteiger partial charge in [-0.05, 0) is 77.7 Å². The molecule has 11 N–H and O–H groups in total. The first-order valence-corrected chi connectivity index (χ1v) is 21.0. The fraction of sp³-hybridized carbons (Fsp3) is 0.769. The molecule has 0 aliphatic rings. The summed E-state index contributed by atoms with van der Waals surface area (Å²) in [6.07, 6.45) is 6.41. The summed E-state index contributed by atoms with van der Waals surface area (Å²) in [5.74, 6) is -2.16. The van der Waals surface area contributed by atoms with Gasteiger partial charge in [0.1, 0.15) is 12.1 Å². The van der Waals surface area contributed by atoms with Gasteiger partial charge in [-0.3, -0.25) is 33.6 Å². The maximum atomic E-state index is 13.8. The Morgan fingerprint density at radius 3 is 1.42 bits per heavy atom. The molecular formula is C39H72N10O11. The van der Waals surface area contributed by atoms with E-state index in [0.29, 0.717) is 103 Å². The first kappa shape index (κ1) is 54.8. The van der Waals surface area contributed by atoms with Gasteiger partial charge in [-0.25, -0.2) is 9.59 Å². The number of unbranched alkanes of at least 4 members (excludes halogenated alkanes) is 7. The van der Waals surface area contributed by atoms with Crippen molar-refractivity contribution in [3.05, 3.63) is 0 Å². The first-order chi connectivity index (χ1) is 28.7. The van der Waals surface area contributed by atoms with Crippen LogP contribution in [-0.2, 0) is 43.0 Å². The lowest BCUT2D eigenvalue weighted by Crippen LogP contribution is -2.55. The Kier molecular flexibility index (Phi) is 32.6. The van der Waals surface area contributed by atoms with Crippen molar-refractivity contribution in [2.75, 3.05) is 67.1 Å². The number of nitrogens with zero attached hydrogens (tertiary/aromatic N) is 1. The molecule has 21 heteroatoms. The van der Waals surface area contributed by atoms with Crippen LogP contribution in [0, 0.1) is 0 Å². The normalized spacial score (nSPS) is 11.6. The zero-order chi connectivity index (χ0) is 45.0. The molecule has 0 aromatic heterocycles. The second kappa shape index (κ2) is 35.7. The van der Waals surface area contributed by atoms with E-state index in [2.05, 4.69) is 46.7 Å². The second-order valence-corrected chi connectivity index (χ2v) is 14.3. The van der Waals surface area contributed by atoms with Gasteiger partial charge in [-0.2, -0.15) is 0 Å². The molecule has 9 amide bonds. The molecule has 0 saturated heterocycles. The van der Waals surface area contributed by atoms with Crippen molar-refractivity contribution < 1.29 is 52.6 Å². The summed E-state index contributed by atoms with van der Waals surface area (Å²) in [5, 5.41) is 19.5. The van der Waals surface area contributed by atoms with Gasteiger partial charge < -0.3 is 63.1 Å². The van der Waals surface area contributed by atoms with E-state index in [9.17, 15) is 43.2 Å². The van der Waals surface area contributed by atoms with Crippen molar-refractivity contribution in [3.8, 4) is 0 Å². The van der Waals surface area contributed by atoms with Gasteiger partial charge in [0, 0.05) is 72.5 Å². The third kappa shape index (κ3) is 30.8. The van der Waals surface area contributed by atoms with Crippen molar-refractivity contribution in [1.82, 2.24) is 42.1 Å². The van der Waals surface area contributed by atoms with Gasteiger partial charge in [0.15, 0.2) is 0 Å². The van der Waals surface area contributed by atoms with E-state index in [1.165, 1.54) is 19.0 Å². The molecule has 0 unspecified atom stereocenters. The van der Waals surface area contributed by atoms with Gasteiger partial charge in [0.25, 0.3) is 0 Å². The third-order valence-corrected chi connectivity index (χ3v) is 9.22. The first-order valence-electron chi connectivity index (χ1n) is 21.0. The van der Waals surface area contributed by atoms with Crippen LogP contribution in [0.25, 0.3) is 0 Å². The monoisotopic (exact) mass is 857 g/mol. The van der Waals surface area contributed by atoms with E-state index in [0.717, 1.165) is 12.8 Å². The number of hydrogen-bond acceptors (Lipinski definition) is 12. The number of ether oxygens (including phenoxy) is 2. The summed E-state index contributed by atoms with van der Waals surface area (Å²) < 4.78 is 9.26.